The molecule has 0 fully saturated rings. The van der Waals surface area contributed by atoms with Gasteiger partial charge in [0.1, 0.15) is 0 Å². The van der Waals surface area contributed by atoms with Crippen LogP contribution in [0, 0.1) is 5.92 Å². The highest BCUT2D eigenvalue weighted by Crippen LogP contribution is 2.25. The Balaban J connectivity index is 3.17. The Morgan fingerprint density at radius 3 is 2.26 bits per heavy atom. The van der Waals surface area contributed by atoms with Gasteiger partial charge in [0.25, 0.3) is 0 Å². The summed E-state index contributed by atoms with van der Waals surface area (Å²) in [6.45, 7) is 5.86. The molecule has 0 radical (unpaired) electrons. The zero-order chi connectivity index (χ0) is 14.8. The summed E-state index contributed by atoms with van der Waals surface area (Å²) in [6.07, 6.45) is 0. The Morgan fingerprint density at radius 2 is 1.84 bits per heavy atom. The SMILES string of the molecule is CC(C)C(C)N(C)S(=O)(=O)c1ccc(CCl)c(Cl)c1. The van der Waals surface area contributed by atoms with Gasteiger partial charge >= 0.3 is 0 Å². The summed E-state index contributed by atoms with van der Waals surface area (Å²) in [5, 5.41) is 0.377. The molecule has 0 bridgehead atoms. The van der Waals surface area contributed by atoms with E-state index in [0.29, 0.717) is 5.02 Å². The summed E-state index contributed by atoms with van der Waals surface area (Å²) in [4.78, 5) is 0.196. The van der Waals surface area contributed by atoms with Crippen LogP contribution in [0.2, 0.25) is 5.02 Å². The second-order valence-electron chi connectivity index (χ2n) is 4.89. The smallest absolute Gasteiger partial charge is 0.207 e. The molecule has 6 heteroatoms. The highest BCUT2D eigenvalue weighted by atomic mass is 35.5. The van der Waals surface area contributed by atoms with Gasteiger partial charge in [0.05, 0.1) is 4.90 Å². The lowest BCUT2D eigenvalue weighted by atomic mass is 10.1. The first kappa shape index (κ1) is 16.8. The van der Waals surface area contributed by atoms with E-state index in [9.17, 15) is 8.42 Å². The van der Waals surface area contributed by atoms with Crippen LogP contribution >= 0.6 is 23.2 Å². The lowest BCUT2D eigenvalue weighted by Crippen LogP contribution is -2.38. The molecule has 3 nitrogen and oxygen atoms in total. The lowest BCUT2D eigenvalue weighted by molar-refractivity contribution is 0.316. The maximum Gasteiger partial charge on any atom is 0.243 e. The molecule has 1 aromatic carbocycles. The first-order valence-electron chi connectivity index (χ1n) is 6.04. The fourth-order valence-corrected chi connectivity index (χ4v) is 3.74. The first-order valence-corrected chi connectivity index (χ1v) is 8.39. The molecule has 19 heavy (non-hydrogen) atoms. The third-order valence-corrected chi connectivity index (χ3v) is 5.96. The fourth-order valence-electron chi connectivity index (χ4n) is 1.60. The number of sulfonamides is 1. The highest BCUT2D eigenvalue weighted by molar-refractivity contribution is 7.89. The number of halogens is 2. The van der Waals surface area contributed by atoms with Gasteiger partial charge < -0.3 is 0 Å². The van der Waals surface area contributed by atoms with Crippen molar-refractivity contribution in [3.05, 3.63) is 28.8 Å². The first-order chi connectivity index (χ1) is 8.71. The molecule has 1 rings (SSSR count). The van der Waals surface area contributed by atoms with E-state index in [1.54, 1.807) is 19.2 Å². The summed E-state index contributed by atoms with van der Waals surface area (Å²) in [7, 11) is -1.94. The molecule has 0 aromatic heterocycles. The molecule has 0 saturated carbocycles. The van der Waals surface area contributed by atoms with Crippen LogP contribution < -0.4 is 0 Å². The average Bonchev–Trinajstić information content (AvgIpc) is 2.36. The van der Waals surface area contributed by atoms with E-state index >= 15 is 0 Å². The Kier molecular flexibility index (Phi) is 5.68. The number of nitrogens with zero attached hydrogens (tertiary/aromatic N) is 1. The minimum Gasteiger partial charge on any atom is -0.207 e. The third-order valence-electron chi connectivity index (χ3n) is 3.38. The predicted molar refractivity (Wildman–Crippen MR) is 80.3 cm³/mol. The van der Waals surface area contributed by atoms with E-state index in [1.165, 1.54) is 10.4 Å². The predicted octanol–water partition coefficient (Wildman–Crippen LogP) is 3.74. The molecule has 0 aliphatic heterocycles. The summed E-state index contributed by atoms with van der Waals surface area (Å²) < 4.78 is 26.3. The number of benzene rings is 1. The third kappa shape index (κ3) is 3.63. The topological polar surface area (TPSA) is 37.4 Å². The van der Waals surface area contributed by atoms with E-state index in [2.05, 4.69) is 0 Å². The Bertz CT molecular complexity index is 544. The van der Waals surface area contributed by atoms with Crippen molar-refractivity contribution in [3.8, 4) is 0 Å². The zero-order valence-electron chi connectivity index (χ0n) is 11.5. The van der Waals surface area contributed by atoms with Crippen molar-refractivity contribution in [2.45, 2.75) is 37.6 Å². The Morgan fingerprint density at radius 1 is 1.26 bits per heavy atom. The molecule has 1 aromatic rings. The van der Waals surface area contributed by atoms with Crippen LogP contribution in [0.25, 0.3) is 0 Å². The van der Waals surface area contributed by atoms with Gasteiger partial charge in [-0.05, 0) is 30.5 Å². The van der Waals surface area contributed by atoms with Crippen LogP contribution in [0.4, 0.5) is 0 Å². The molecule has 0 aliphatic rings. The van der Waals surface area contributed by atoms with E-state index in [4.69, 9.17) is 23.2 Å². The zero-order valence-corrected chi connectivity index (χ0v) is 13.9. The number of alkyl halides is 1. The van der Waals surface area contributed by atoms with Gasteiger partial charge in [-0.3, -0.25) is 0 Å². The number of rotatable bonds is 5. The van der Waals surface area contributed by atoms with Crippen molar-refractivity contribution >= 4 is 33.2 Å². The van der Waals surface area contributed by atoms with E-state index in [0.717, 1.165) is 5.56 Å². The van der Waals surface area contributed by atoms with Crippen LogP contribution in [-0.4, -0.2) is 25.8 Å². The summed E-state index contributed by atoms with van der Waals surface area (Å²) in [5.74, 6) is 0.495. The second-order valence-corrected chi connectivity index (χ2v) is 7.56. The van der Waals surface area contributed by atoms with Crippen molar-refractivity contribution in [1.82, 2.24) is 4.31 Å². The minimum absolute atomic E-state index is 0.0866. The van der Waals surface area contributed by atoms with Gasteiger partial charge in [0.2, 0.25) is 10.0 Å². The maximum atomic E-state index is 12.5. The molecule has 0 amide bonds. The molecular formula is C13H19Cl2NO2S. The summed E-state index contributed by atoms with van der Waals surface area (Å²) in [6, 6.07) is 4.56. The molecule has 0 heterocycles. The number of hydrogen-bond acceptors (Lipinski definition) is 2. The quantitative estimate of drug-likeness (QED) is 0.774. The van der Waals surface area contributed by atoms with E-state index < -0.39 is 10.0 Å². The lowest BCUT2D eigenvalue weighted by Gasteiger charge is -2.27. The minimum atomic E-state index is -3.52. The van der Waals surface area contributed by atoms with Crippen LogP contribution in [0.3, 0.4) is 0 Å². The van der Waals surface area contributed by atoms with Crippen molar-refractivity contribution in [1.29, 1.82) is 0 Å². The molecule has 0 aliphatic carbocycles. The van der Waals surface area contributed by atoms with Crippen LogP contribution in [0.5, 0.6) is 0 Å². The fraction of sp³-hybridized carbons (Fsp3) is 0.538. The second kappa shape index (κ2) is 6.44. The normalized spacial score (nSPS) is 14.1. The average molecular weight is 324 g/mol. The maximum absolute atomic E-state index is 12.5. The monoisotopic (exact) mass is 323 g/mol. The van der Waals surface area contributed by atoms with Crippen LogP contribution in [-0.2, 0) is 15.9 Å². The standard InChI is InChI=1S/C13H19Cl2NO2S/c1-9(2)10(3)16(4)19(17,18)12-6-5-11(8-14)13(15)7-12/h5-7,9-10H,8H2,1-4H3. The van der Waals surface area contributed by atoms with Gasteiger partial charge in [-0.15, -0.1) is 11.6 Å². The summed E-state index contributed by atoms with van der Waals surface area (Å²) >= 11 is 11.7. The Labute approximate surface area is 125 Å². The van der Waals surface area contributed by atoms with Crippen LogP contribution in [0.1, 0.15) is 26.3 Å². The van der Waals surface area contributed by atoms with Gasteiger partial charge in [-0.1, -0.05) is 31.5 Å². The molecule has 108 valence electrons. The molecule has 1 unspecified atom stereocenters. The van der Waals surface area contributed by atoms with Gasteiger partial charge in [-0.25, -0.2) is 8.42 Å². The van der Waals surface area contributed by atoms with Crippen molar-refractivity contribution < 1.29 is 8.42 Å². The molecular weight excluding hydrogens is 305 g/mol. The molecule has 0 saturated heterocycles. The van der Waals surface area contributed by atoms with Crippen molar-refractivity contribution in [2.75, 3.05) is 7.05 Å². The highest BCUT2D eigenvalue weighted by Gasteiger charge is 2.27. The van der Waals surface area contributed by atoms with Crippen molar-refractivity contribution in [2.24, 2.45) is 5.92 Å². The van der Waals surface area contributed by atoms with Crippen LogP contribution in [0.15, 0.2) is 23.1 Å². The van der Waals surface area contributed by atoms with Gasteiger partial charge in [0.15, 0.2) is 0 Å². The van der Waals surface area contributed by atoms with E-state index in [-0.39, 0.29) is 22.7 Å². The van der Waals surface area contributed by atoms with Crippen molar-refractivity contribution in [3.63, 3.8) is 0 Å². The largest absolute Gasteiger partial charge is 0.243 e. The molecule has 0 spiro atoms. The van der Waals surface area contributed by atoms with Gasteiger partial charge in [-0.2, -0.15) is 4.31 Å². The summed E-state index contributed by atoms with van der Waals surface area (Å²) in [5.41, 5.74) is 0.724. The Hall–Kier alpha value is -0.290. The molecule has 0 N–H and O–H groups in total. The number of hydrogen-bond donors (Lipinski definition) is 0. The van der Waals surface area contributed by atoms with Gasteiger partial charge in [0, 0.05) is 24.0 Å². The van der Waals surface area contributed by atoms with E-state index in [1.807, 2.05) is 20.8 Å². The molecule has 1 atom stereocenters.